The van der Waals surface area contributed by atoms with Crippen molar-refractivity contribution in [2.75, 3.05) is 19.6 Å². The average Bonchev–Trinajstić information content (AvgIpc) is 3.19. The number of carbonyl (C=O) groups excluding carboxylic acids is 1. The van der Waals surface area contributed by atoms with Crippen molar-refractivity contribution >= 4 is 5.91 Å². The first-order valence-electron chi connectivity index (χ1n) is 10.5. The van der Waals surface area contributed by atoms with Gasteiger partial charge in [0.2, 0.25) is 5.91 Å². The number of pyridine rings is 1. The Bertz CT molecular complexity index is 744. The highest BCUT2D eigenvalue weighted by Crippen LogP contribution is 2.21. The molecule has 0 saturated carbocycles. The average molecular weight is 379 g/mol. The van der Waals surface area contributed by atoms with Crippen molar-refractivity contribution in [2.24, 2.45) is 0 Å². The van der Waals surface area contributed by atoms with Crippen molar-refractivity contribution in [1.82, 2.24) is 20.1 Å². The molecule has 1 amide bonds. The molecule has 2 aliphatic heterocycles. The summed E-state index contributed by atoms with van der Waals surface area (Å²) in [4.78, 5) is 22.1. The Morgan fingerprint density at radius 3 is 2.50 bits per heavy atom. The molecule has 4 rings (SSSR count). The summed E-state index contributed by atoms with van der Waals surface area (Å²) in [5.41, 5.74) is 2.40. The number of carbonyl (C=O) groups is 1. The molecule has 5 nitrogen and oxygen atoms in total. The fraction of sp³-hybridized carbons (Fsp3) is 0.478. The second-order valence-corrected chi connectivity index (χ2v) is 7.99. The molecule has 3 heterocycles. The molecule has 2 saturated heterocycles. The van der Waals surface area contributed by atoms with Crippen LogP contribution in [0.2, 0.25) is 0 Å². The molecule has 1 atom stereocenters. The van der Waals surface area contributed by atoms with E-state index in [4.69, 9.17) is 0 Å². The molecule has 1 aromatic carbocycles. The highest BCUT2D eigenvalue weighted by Gasteiger charge is 2.32. The minimum absolute atomic E-state index is 0.0201. The van der Waals surface area contributed by atoms with Crippen LogP contribution in [0.5, 0.6) is 0 Å². The van der Waals surface area contributed by atoms with Crippen molar-refractivity contribution < 1.29 is 4.79 Å². The van der Waals surface area contributed by atoms with E-state index < -0.39 is 0 Å². The monoisotopic (exact) mass is 378 g/mol. The number of likely N-dealkylation sites (tertiary alicyclic amines) is 2. The van der Waals surface area contributed by atoms with Gasteiger partial charge in [-0.15, -0.1) is 0 Å². The van der Waals surface area contributed by atoms with Gasteiger partial charge in [-0.05, 0) is 49.9 Å². The highest BCUT2D eigenvalue weighted by molar-refractivity contribution is 5.82. The molecular weight excluding hydrogens is 348 g/mol. The largest absolute Gasteiger partial charge is 0.352 e. The van der Waals surface area contributed by atoms with E-state index in [0.717, 1.165) is 64.1 Å². The van der Waals surface area contributed by atoms with E-state index in [2.05, 4.69) is 50.4 Å². The summed E-state index contributed by atoms with van der Waals surface area (Å²) < 4.78 is 0. The molecule has 2 fully saturated rings. The lowest BCUT2D eigenvalue weighted by Crippen LogP contribution is -2.50. The van der Waals surface area contributed by atoms with Crippen LogP contribution in [0, 0.1) is 0 Å². The number of nitrogens with one attached hydrogen (secondary N) is 1. The number of hydrogen-bond acceptors (Lipinski definition) is 4. The van der Waals surface area contributed by atoms with Crippen LogP contribution in [0.3, 0.4) is 0 Å². The minimum atomic E-state index is 0.0201. The quantitative estimate of drug-likeness (QED) is 0.840. The molecule has 1 N–H and O–H groups in total. The van der Waals surface area contributed by atoms with Crippen LogP contribution in [-0.2, 0) is 17.9 Å². The molecule has 2 aliphatic rings. The molecule has 1 unspecified atom stereocenters. The lowest BCUT2D eigenvalue weighted by atomic mass is 10.0. The van der Waals surface area contributed by atoms with Gasteiger partial charge in [-0.3, -0.25) is 19.6 Å². The first-order valence-corrected chi connectivity index (χ1v) is 10.5. The lowest BCUT2D eigenvalue weighted by molar-refractivity contribution is -0.126. The fourth-order valence-corrected chi connectivity index (χ4v) is 4.38. The first-order chi connectivity index (χ1) is 13.8. The molecule has 0 radical (unpaired) electrons. The van der Waals surface area contributed by atoms with E-state index in [0.29, 0.717) is 6.04 Å². The summed E-state index contributed by atoms with van der Waals surface area (Å²) in [5, 5.41) is 3.34. The zero-order chi connectivity index (χ0) is 19.2. The maximum Gasteiger partial charge on any atom is 0.237 e. The number of benzene rings is 1. The van der Waals surface area contributed by atoms with Crippen molar-refractivity contribution in [2.45, 2.75) is 50.9 Å². The molecule has 148 valence electrons. The number of rotatable bonds is 6. The van der Waals surface area contributed by atoms with Crippen LogP contribution in [0.25, 0.3) is 0 Å². The number of nitrogens with zero attached hydrogens (tertiary/aromatic N) is 3. The SMILES string of the molecule is O=C(NC1CCN(Cc2ccccn2)CC1)C1CCCN1Cc1ccccc1. The molecule has 5 heteroatoms. The van der Waals surface area contributed by atoms with Crippen molar-refractivity contribution in [3.63, 3.8) is 0 Å². The summed E-state index contributed by atoms with van der Waals surface area (Å²) in [6, 6.07) is 16.9. The van der Waals surface area contributed by atoms with Crippen molar-refractivity contribution in [1.29, 1.82) is 0 Å². The molecule has 0 aliphatic carbocycles. The first kappa shape index (κ1) is 19.1. The van der Waals surface area contributed by atoms with Crippen LogP contribution in [0.4, 0.5) is 0 Å². The van der Waals surface area contributed by atoms with Gasteiger partial charge in [-0.25, -0.2) is 0 Å². The summed E-state index contributed by atoms with van der Waals surface area (Å²) in [7, 11) is 0. The third kappa shape index (κ3) is 4.97. The second kappa shape index (κ2) is 9.30. The van der Waals surface area contributed by atoms with Gasteiger partial charge in [-0.1, -0.05) is 36.4 Å². The van der Waals surface area contributed by atoms with E-state index in [9.17, 15) is 4.79 Å². The Hall–Kier alpha value is -2.24. The maximum absolute atomic E-state index is 12.9. The smallest absolute Gasteiger partial charge is 0.237 e. The van der Waals surface area contributed by atoms with Crippen molar-refractivity contribution in [3.05, 3.63) is 66.0 Å². The van der Waals surface area contributed by atoms with Gasteiger partial charge in [0, 0.05) is 38.4 Å². The maximum atomic E-state index is 12.9. The molecule has 28 heavy (non-hydrogen) atoms. The standard InChI is InChI=1S/C23H30N4O/c28-23(22-10-6-14-27(22)17-19-7-2-1-3-8-19)25-20-11-15-26(16-12-20)18-21-9-4-5-13-24-21/h1-5,7-9,13,20,22H,6,10-12,14-18H2,(H,25,28). The van der Waals surface area contributed by atoms with E-state index in [1.807, 2.05) is 24.4 Å². The topological polar surface area (TPSA) is 48.5 Å². The molecule has 1 aromatic heterocycles. The second-order valence-electron chi connectivity index (χ2n) is 7.99. The third-order valence-corrected chi connectivity index (χ3v) is 5.94. The summed E-state index contributed by atoms with van der Waals surface area (Å²) in [6.07, 6.45) is 5.96. The Morgan fingerprint density at radius 1 is 0.964 bits per heavy atom. The Kier molecular flexibility index (Phi) is 6.34. The van der Waals surface area contributed by atoms with Gasteiger partial charge >= 0.3 is 0 Å². The minimum Gasteiger partial charge on any atom is -0.352 e. The lowest BCUT2D eigenvalue weighted by Gasteiger charge is -2.33. The predicted molar refractivity (Wildman–Crippen MR) is 111 cm³/mol. The molecular formula is C23H30N4O. The van der Waals surface area contributed by atoms with Crippen LogP contribution in [-0.4, -0.2) is 52.4 Å². The summed E-state index contributed by atoms with van der Waals surface area (Å²) in [5.74, 6) is 0.219. The summed E-state index contributed by atoms with van der Waals surface area (Å²) >= 11 is 0. The Balaban J connectivity index is 1.25. The fourth-order valence-electron chi connectivity index (χ4n) is 4.38. The van der Waals surface area contributed by atoms with Gasteiger partial charge in [0.05, 0.1) is 11.7 Å². The molecule has 0 bridgehead atoms. The molecule has 0 spiro atoms. The Labute approximate surface area is 167 Å². The molecule has 2 aromatic rings. The number of hydrogen-bond donors (Lipinski definition) is 1. The zero-order valence-electron chi connectivity index (χ0n) is 16.5. The van der Waals surface area contributed by atoms with Crippen molar-refractivity contribution in [3.8, 4) is 0 Å². The third-order valence-electron chi connectivity index (χ3n) is 5.94. The van der Waals surface area contributed by atoms with Crippen LogP contribution in [0.15, 0.2) is 54.7 Å². The highest BCUT2D eigenvalue weighted by atomic mass is 16.2. The van der Waals surface area contributed by atoms with E-state index >= 15 is 0 Å². The normalized spacial score (nSPS) is 21.6. The number of piperidine rings is 1. The van der Waals surface area contributed by atoms with Gasteiger partial charge in [-0.2, -0.15) is 0 Å². The van der Waals surface area contributed by atoms with E-state index in [1.54, 1.807) is 0 Å². The summed E-state index contributed by atoms with van der Waals surface area (Å²) in [6.45, 7) is 4.80. The number of amides is 1. The van der Waals surface area contributed by atoms with E-state index in [-0.39, 0.29) is 11.9 Å². The predicted octanol–water partition coefficient (Wildman–Crippen LogP) is 2.83. The Morgan fingerprint density at radius 2 is 1.75 bits per heavy atom. The van der Waals surface area contributed by atoms with Gasteiger partial charge in [0.15, 0.2) is 0 Å². The number of aromatic nitrogens is 1. The van der Waals surface area contributed by atoms with E-state index in [1.165, 1.54) is 5.56 Å². The van der Waals surface area contributed by atoms with Crippen LogP contribution >= 0.6 is 0 Å². The van der Waals surface area contributed by atoms with Gasteiger partial charge in [0.1, 0.15) is 0 Å². The van der Waals surface area contributed by atoms with Crippen LogP contribution in [0.1, 0.15) is 36.9 Å². The van der Waals surface area contributed by atoms with Gasteiger partial charge < -0.3 is 5.32 Å². The van der Waals surface area contributed by atoms with Gasteiger partial charge in [0.25, 0.3) is 0 Å². The zero-order valence-corrected chi connectivity index (χ0v) is 16.5. The van der Waals surface area contributed by atoms with Crippen LogP contribution < -0.4 is 5.32 Å².